The van der Waals surface area contributed by atoms with E-state index >= 15 is 0 Å². The van der Waals surface area contributed by atoms with Gasteiger partial charge in [-0.3, -0.25) is 15.5 Å². The topological polar surface area (TPSA) is 99.9 Å². The standard InChI is InChI=1S/C17H23N7O3/c1-21(2)20-16-15(24(25)26)17(19-12-18-16)23-10-8-22(9-11-23)13-4-6-14(27-3)7-5-13/h4-7,12H,8-11H2,1-3H3,(H,18,19,20). The number of anilines is 3. The number of ether oxygens (including phenoxy) is 1. The van der Waals surface area contributed by atoms with Gasteiger partial charge in [0.1, 0.15) is 12.1 Å². The molecule has 2 aromatic rings. The summed E-state index contributed by atoms with van der Waals surface area (Å²) in [5.41, 5.74) is 3.86. The molecule has 1 aromatic carbocycles. The molecule has 0 saturated carbocycles. The lowest BCUT2D eigenvalue weighted by atomic mass is 10.2. The van der Waals surface area contributed by atoms with Gasteiger partial charge >= 0.3 is 5.69 Å². The Hall–Kier alpha value is -3.14. The molecule has 1 saturated heterocycles. The fraction of sp³-hybridized carbons (Fsp3) is 0.412. The fourth-order valence-electron chi connectivity index (χ4n) is 3.03. The van der Waals surface area contributed by atoms with E-state index in [1.807, 2.05) is 29.2 Å². The molecule has 144 valence electrons. The minimum absolute atomic E-state index is 0.107. The van der Waals surface area contributed by atoms with Gasteiger partial charge in [0, 0.05) is 46.0 Å². The minimum atomic E-state index is -0.434. The van der Waals surface area contributed by atoms with Gasteiger partial charge in [-0.15, -0.1) is 0 Å². The van der Waals surface area contributed by atoms with Crippen LogP contribution < -0.4 is 20.0 Å². The van der Waals surface area contributed by atoms with Crippen molar-refractivity contribution >= 4 is 23.0 Å². The monoisotopic (exact) mass is 373 g/mol. The van der Waals surface area contributed by atoms with Crippen LogP contribution in [0.3, 0.4) is 0 Å². The summed E-state index contributed by atoms with van der Waals surface area (Å²) in [6.45, 7) is 2.74. The summed E-state index contributed by atoms with van der Waals surface area (Å²) < 4.78 is 5.19. The van der Waals surface area contributed by atoms with Crippen LogP contribution in [0.2, 0.25) is 0 Å². The Morgan fingerprint density at radius 2 is 1.74 bits per heavy atom. The van der Waals surface area contributed by atoms with Crippen molar-refractivity contribution in [2.45, 2.75) is 0 Å². The third-order valence-corrected chi connectivity index (χ3v) is 4.33. The van der Waals surface area contributed by atoms with E-state index in [-0.39, 0.29) is 11.5 Å². The van der Waals surface area contributed by atoms with Gasteiger partial charge in [0.25, 0.3) is 0 Å². The zero-order chi connectivity index (χ0) is 19.4. The molecule has 27 heavy (non-hydrogen) atoms. The van der Waals surface area contributed by atoms with Crippen LogP contribution in [0.1, 0.15) is 0 Å². The van der Waals surface area contributed by atoms with Crippen molar-refractivity contribution < 1.29 is 9.66 Å². The van der Waals surface area contributed by atoms with Crippen LogP contribution in [0.5, 0.6) is 5.75 Å². The Morgan fingerprint density at radius 1 is 1.11 bits per heavy atom. The molecule has 1 aromatic heterocycles. The lowest BCUT2D eigenvalue weighted by Crippen LogP contribution is -2.47. The molecule has 0 unspecified atom stereocenters. The molecule has 1 fully saturated rings. The van der Waals surface area contributed by atoms with Crippen molar-refractivity contribution in [2.75, 3.05) is 62.6 Å². The van der Waals surface area contributed by atoms with Crippen molar-refractivity contribution in [1.82, 2.24) is 15.0 Å². The van der Waals surface area contributed by atoms with E-state index in [2.05, 4.69) is 20.3 Å². The van der Waals surface area contributed by atoms with E-state index < -0.39 is 4.92 Å². The highest BCUT2D eigenvalue weighted by molar-refractivity contribution is 5.70. The Morgan fingerprint density at radius 3 is 2.30 bits per heavy atom. The third-order valence-electron chi connectivity index (χ3n) is 4.33. The summed E-state index contributed by atoms with van der Waals surface area (Å²) in [6, 6.07) is 7.88. The van der Waals surface area contributed by atoms with E-state index in [4.69, 9.17) is 4.74 Å². The highest BCUT2D eigenvalue weighted by Gasteiger charge is 2.29. The molecule has 0 spiro atoms. The first-order chi connectivity index (χ1) is 13.0. The van der Waals surface area contributed by atoms with Crippen LogP contribution in [0.25, 0.3) is 0 Å². The molecule has 1 aliphatic heterocycles. The van der Waals surface area contributed by atoms with Gasteiger partial charge in [0.2, 0.25) is 11.6 Å². The third kappa shape index (κ3) is 4.17. The second kappa shape index (κ2) is 8.04. The zero-order valence-corrected chi connectivity index (χ0v) is 15.6. The number of nitrogens with zero attached hydrogens (tertiary/aromatic N) is 6. The number of nitrogens with one attached hydrogen (secondary N) is 1. The van der Waals surface area contributed by atoms with Gasteiger partial charge in [-0.2, -0.15) is 0 Å². The zero-order valence-electron chi connectivity index (χ0n) is 15.6. The summed E-state index contributed by atoms with van der Waals surface area (Å²) in [6.07, 6.45) is 1.35. The number of hydrogen-bond acceptors (Lipinski definition) is 9. The molecule has 0 amide bonds. The van der Waals surface area contributed by atoms with Crippen LogP contribution in [-0.2, 0) is 0 Å². The van der Waals surface area contributed by atoms with E-state index in [0.29, 0.717) is 18.9 Å². The number of hydrogen-bond donors (Lipinski definition) is 1. The lowest BCUT2D eigenvalue weighted by Gasteiger charge is -2.36. The molecule has 0 bridgehead atoms. The van der Waals surface area contributed by atoms with Crippen molar-refractivity contribution in [1.29, 1.82) is 0 Å². The highest BCUT2D eigenvalue weighted by atomic mass is 16.6. The maximum Gasteiger partial charge on any atom is 0.354 e. The van der Waals surface area contributed by atoms with Gasteiger partial charge in [-0.25, -0.2) is 15.0 Å². The normalized spacial score (nSPS) is 14.4. The molecule has 0 atom stereocenters. The molecular formula is C17H23N7O3. The fourth-order valence-corrected chi connectivity index (χ4v) is 3.03. The summed E-state index contributed by atoms with van der Waals surface area (Å²) in [7, 11) is 5.14. The molecule has 2 heterocycles. The van der Waals surface area contributed by atoms with E-state index in [0.717, 1.165) is 24.5 Å². The number of piperazine rings is 1. The first kappa shape index (κ1) is 18.6. The lowest BCUT2D eigenvalue weighted by molar-refractivity contribution is -0.383. The molecule has 3 rings (SSSR count). The van der Waals surface area contributed by atoms with Gasteiger partial charge in [-0.1, -0.05) is 0 Å². The largest absolute Gasteiger partial charge is 0.497 e. The molecule has 10 nitrogen and oxygen atoms in total. The number of methoxy groups -OCH3 is 1. The summed E-state index contributed by atoms with van der Waals surface area (Å²) >= 11 is 0. The van der Waals surface area contributed by atoms with E-state index in [1.165, 1.54) is 6.33 Å². The Labute approximate surface area is 157 Å². The Kier molecular flexibility index (Phi) is 5.55. The van der Waals surface area contributed by atoms with Crippen molar-refractivity contribution in [2.24, 2.45) is 0 Å². The first-order valence-corrected chi connectivity index (χ1v) is 8.57. The van der Waals surface area contributed by atoms with Crippen LogP contribution in [0.15, 0.2) is 30.6 Å². The van der Waals surface area contributed by atoms with Gasteiger partial charge in [0.05, 0.1) is 12.0 Å². The van der Waals surface area contributed by atoms with E-state index in [1.54, 1.807) is 26.2 Å². The summed E-state index contributed by atoms with van der Waals surface area (Å²) in [4.78, 5) is 23.6. The van der Waals surface area contributed by atoms with Gasteiger partial charge in [0.15, 0.2) is 0 Å². The smallest absolute Gasteiger partial charge is 0.354 e. The van der Waals surface area contributed by atoms with Crippen LogP contribution >= 0.6 is 0 Å². The molecule has 1 N–H and O–H groups in total. The maximum atomic E-state index is 11.6. The molecule has 1 aliphatic rings. The highest BCUT2D eigenvalue weighted by Crippen LogP contribution is 2.32. The molecule has 0 radical (unpaired) electrons. The second-order valence-corrected chi connectivity index (χ2v) is 6.33. The molecule has 10 heteroatoms. The predicted octanol–water partition coefficient (Wildman–Crippen LogP) is 1.61. The maximum absolute atomic E-state index is 11.6. The minimum Gasteiger partial charge on any atom is -0.497 e. The van der Waals surface area contributed by atoms with Crippen LogP contribution in [-0.4, -0.2) is 67.3 Å². The Balaban J connectivity index is 1.76. The number of benzene rings is 1. The number of nitro groups is 1. The first-order valence-electron chi connectivity index (χ1n) is 8.57. The molecule has 0 aliphatic carbocycles. The number of hydrazine groups is 1. The van der Waals surface area contributed by atoms with Crippen LogP contribution in [0.4, 0.5) is 23.0 Å². The van der Waals surface area contributed by atoms with Crippen molar-refractivity contribution in [3.8, 4) is 5.75 Å². The summed E-state index contributed by atoms with van der Waals surface area (Å²) in [5.74, 6) is 1.34. The average Bonchev–Trinajstić information content (AvgIpc) is 2.67. The quantitative estimate of drug-likeness (QED) is 0.598. The van der Waals surface area contributed by atoms with Crippen molar-refractivity contribution in [3.05, 3.63) is 40.7 Å². The van der Waals surface area contributed by atoms with Gasteiger partial charge in [-0.05, 0) is 24.3 Å². The van der Waals surface area contributed by atoms with Crippen molar-refractivity contribution in [3.63, 3.8) is 0 Å². The second-order valence-electron chi connectivity index (χ2n) is 6.33. The number of rotatable bonds is 6. The predicted molar refractivity (Wildman–Crippen MR) is 103 cm³/mol. The van der Waals surface area contributed by atoms with Gasteiger partial charge < -0.3 is 14.5 Å². The van der Waals surface area contributed by atoms with Crippen LogP contribution in [0, 0.1) is 10.1 Å². The molecular weight excluding hydrogens is 350 g/mol. The Bertz CT molecular complexity index is 790. The average molecular weight is 373 g/mol. The number of aromatic nitrogens is 2. The van der Waals surface area contributed by atoms with E-state index in [9.17, 15) is 10.1 Å². The summed E-state index contributed by atoms with van der Waals surface area (Å²) in [5, 5.41) is 13.2. The SMILES string of the molecule is COc1ccc(N2CCN(c3ncnc(NN(C)C)c3[N+](=O)[O-])CC2)cc1.